The third-order valence-electron chi connectivity index (χ3n) is 2.19. The van der Waals surface area contributed by atoms with Gasteiger partial charge < -0.3 is 15.2 Å². The molecule has 78 valence electrons. The van der Waals surface area contributed by atoms with E-state index in [9.17, 15) is 5.11 Å². The van der Waals surface area contributed by atoms with Gasteiger partial charge in [-0.3, -0.25) is 0 Å². The summed E-state index contributed by atoms with van der Waals surface area (Å²) in [5, 5.41) is 31.2. The molecule has 0 fully saturated rings. The van der Waals surface area contributed by atoms with Crippen LogP contribution in [0.25, 0.3) is 0 Å². The molecule has 0 aliphatic heterocycles. The predicted octanol–water partition coefficient (Wildman–Crippen LogP) is 0.651. The molecule has 0 aliphatic carbocycles. The van der Waals surface area contributed by atoms with Gasteiger partial charge in [0.05, 0.1) is 6.10 Å². The molecule has 3 N–H and O–H groups in total. The molecule has 5 heteroatoms. The maximum atomic E-state index is 9.75. The molecule has 1 heterocycles. The molecule has 1 rings (SSSR count). The van der Waals surface area contributed by atoms with Crippen LogP contribution in [0.5, 0.6) is 0 Å². The van der Waals surface area contributed by atoms with Crippen molar-refractivity contribution in [1.29, 1.82) is 0 Å². The fourth-order valence-corrected chi connectivity index (χ4v) is 2.26. The van der Waals surface area contributed by atoms with Gasteiger partial charge in [-0.1, -0.05) is 19.8 Å². The molecular weight excluding hydrogens is 199 g/mol. The molecule has 0 aromatic carbocycles. The molecule has 1 atom stereocenters. The van der Waals surface area contributed by atoms with E-state index in [0.29, 0.717) is 17.4 Å². The van der Waals surface area contributed by atoms with E-state index in [4.69, 9.17) is 10.0 Å². The van der Waals surface area contributed by atoms with E-state index in [1.165, 1.54) is 11.3 Å². The van der Waals surface area contributed by atoms with Crippen LogP contribution in [0.2, 0.25) is 0 Å². The van der Waals surface area contributed by atoms with Gasteiger partial charge in [-0.2, -0.15) is 11.3 Å². The van der Waals surface area contributed by atoms with Crippen LogP contribution in [0, 0.1) is 0 Å². The van der Waals surface area contributed by atoms with Crippen LogP contribution < -0.4 is 5.46 Å². The van der Waals surface area contributed by atoms with Crippen molar-refractivity contribution in [3.63, 3.8) is 0 Å². The average molecular weight is 214 g/mol. The molecule has 1 aromatic heterocycles. The molecule has 14 heavy (non-hydrogen) atoms. The SMILES string of the molecule is CCCC[C@H](O)c1cscc1B(O)O. The molecular formula is C9H15BO3S. The van der Waals surface area contributed by atoms with Gasteiger partial charge in [-0.25, -0.2) is 0 Å². The number of unbranched alkanes of at least 4 members (excludes halogenated alkanes) is 1. The van der Waals surface area contributed by atoms with Gasteiger partial charge in [0.2, 0.25) is 0 Å². The summed E-state index contributed by atoms with van der Waals surface area (Å²) < 4.78 is 0. The van der Waals surface area contributed by atoms with E-state index in [-0.39, 0.29) is 0 Å². The Morgan fingerprint density at radius 2 is 2.14 bits per heavy atom. The third kappa shape index (κ3) is 2.82. The Kier molecular flexibility index (Phi) is 4.61. The zero-order chi connectivity index (χ0) is 10.6. The van der Waals surface area contributed by atoms with Crippen molar-refractivity contribution >= 4 is 23.9 Å². The predicted molar refractivity (Wildman–Crippen MR) is 58.6 cm³/mol. The lowest BCUT2D eigenvalue weighted by Gasteiger charge is -2.10. The first-order chi connectivity index (χ1) is 6.66. The highest BCUT2D eigenvalue weighted by molar-refractivity contribution is 7.09. The van der Waals surface area contributed by atoms with Crippen LogP contribution in [0.15, 0.2) is 10.8 Å². The molecule has 3 nitrogen and oxygen atoms in total. The molecule has 0 radical (unpaired) electrons. The molecule has 0 spiro atoms. The highest BCUT2D eigenvalue weighted by Gasteiger charge is 2.21. The van der Waals surface area contributed by atoms with Crippen LogP contribution in [0.4, 0.5) is 0 Å². The minimum absolute atomic E-state index is 0.429. The average Bonchev–Trinajstić information content (AvgIpc) is 2.62. The summed E-state index contributed by atoms with van der Waals surface area (Å²) in [5.41, 5.74) is 1.08. The Labute approximate surface area is 88.2 Å². The summed E-state index contributed by atoms with van der Waals surface area (Å²) in [6.45, 7) is 2.06. The topological polar surface area (TPSA) is 60.7 Å². The van der Waals surface area contributed by atoms with E-state index in [1.807, 2.05) is 0 Å². The Balaban J connectivity index is 2.68. The van der Waals surface area contributed by atoms with E-state index in [0.717, 1.165) is 12.8 Å². The molecule has 0 bridgehead atoms. The van der Waals surface area contributed by atoms with Gasteiger partial charge in [0.25, 0.3) is 0 Å². The van der Waals surface area contributed by atoms with Gasteiger partial charge in [0.15, 0.2) is 0 Å². The van der Waals surface area contributed by atoms with Crippen LogP contribution >= 0.6 is 11.3 Å². The van der Waals surface area contributed by atoms with Crippen LogP contribution in [-0.4, -0.2) is 22.3 Å². The van der Waals surface area contributed by atoms with Crippen molar-refractivity contribution in [3.05, 3.63) is 16.3 Å². The molecule has 0 saturated carbocycles. The van der Waals surface area contributed by atoms with Gasteiger partial charge in [-0.15, -0.1) is 0 Å². The first kappa shape index (κ1) is 11.7. The fraction of sp³-hybridized carbons (Fsp3) is 0.556. The first-order valence-corrected chi connectivity index (χ1v) is 5.71. The second-order valence-corrected chi connectivity index (χ2v) is 4.06. The largest absolute Gasteiger partial charge is 0.489 e. The Morgan fingerprint density at radius 1 is 1.43 bits per heavy atom. The number of thiophene rings is 1. The van der Waals surface area contributed by atoms with E-state index >= 15 is 0 Å². The molecule has 0 saturated heterocycles. The summed E-state index contributed by atoms with van der Waals surface area (Å²) in [7, 11) is -1.48. The lowest BCUT2D eigenvalue weighted by atomic mass is 9.78. The van der Waals surface area contributed by atoms with E-state index in [2.05, 4.69) is 6.92 Å². The highest BCUT2D eigenvalue weighted by Crippen LogP contribution is 2.20. The van der Waals surface area contributed by atoms with Gasteiger partial charge in [0.1, 0.15) is 0 Å². The summed E-state index contributed by atoms with van der Waals surface area (Å²) in [6.07, 6.45) is 2.07. The summed E-state index contributed by atoms with van der Waals surface area (Å²) in [6, 6.07) is 0. The Hall–Kier alpha value is -0.355. The Morgan fingerprint density at radius 3 is 2.71 bits per heavy atom. The number of aliphatic hydroxyl groups excluding tert-OH is 1. The number of hydrogen-bond donors (Lipinski definition) is 3. The van der Waals surface area contributed by atoms with Crippen molar-refractivity contribution in [1.82, 2.24) is 0 Å². The molecule has 0 aliphatic rings. The number of hydrogen-bond acceptors (Lipinski definition) is 4. The van der Waals surface area contributed by atoms with Crippen molar-refractivity contribution < 1.29 is 15.2 Å². The van der Waals surface area contributed by atoms with Crippen molar-refractivity contribution in [3.8, 4) is 0 Å². The maximum absolute atomic E-state index is 9.75. The van der Waals surface area contributed by atoms with Crippen molar-refractivity contribution in [2.75, 3.05) is 0 Å². The monoisotopic (exact) mass is 214 g/mol. The zero-order valence-electron chi connectivity index (χ0n) is 8.18. The first-order valence-electron chi connectivity index (χ1n) is 4.77. The van der Waals surface area contributed by atoms with Crippen molar-refractivity contribution in [2.45, 2.75) is 32.3 Å². The van der Waals surface area contributed by atoms with Crippen LogP contribution in [-0.2, 0) is 0 Å². The molecule has 0 amide bonds. The van der Waals surface area contributed by atoms with Crippen LogP contribution in [0.1, 0.15) is 37.9 Å². The van der Waals surface area contributed by atoms with E-state index in [1.54, 1.807) is 10.8 Å². The lowest BCUT2D eigenvalue weighted by Crippen LogP contribution is -2.32. The lowest BCUT2D eigenvalue weighted by molar-refractivity contribution is 0.165. The molecule has 1 aromatic rings. The van der Waals surface area contributed by atoms with Gasteiger partial charge in [-0.05, 0) is 28.2 Å². The summed E-state index contributed by atoms with van der Waals surface area (Å²) >= 11 is 1.38. The van der Waals surface area contributed by atoms with Crippen LogP contribution in [0.3, 0.4) is 0 Å². The van der Waals surface area contributed by atoms with E-state index < -0.39 is 13.2 Å². The summed E-state index contributed by atoms with van der Waals surface area (Å²) in [5.74, 6) is 0. The zero-order valence-corrected chi connectivity index (χ0v) is 9.00. The van der Waals surface area contributed by atoms with Gasteiger partial charge >= 0.3 is 7.12 Å². The second kappa shape index (κ2) is 5.51. The van der Waals surface area contributed by atoms with Gasteiger partial charge in [0, 0.05) is 0 Å². The van der Waals surface area contributed by atoms with Crippen molar-refractivity contribution in [2.24, 2.45) is 0 Å². The number of rotatable bonds is 5. The standard InChI is InChI=1S/C9H15BO3S/c1-2-3-4-9(11)7-5-14-6-8(7)10(12)13/h5-6,9,11-13H,2-4H2,1H3/t9-/m0/s1. The highest BCUT2D eigenvalue weighted by atomic mass is 32.1. The minimum atomic E-state index is -1.48. The third-order valence-corrected chi connectivity index (χ3v) is 2.97. The number of aliphatic hydroxyl groups is 1. The minimum Gasteiger partial charge on any atom is -0.423 e. The smallest absolute Gasteiger partial charge is 0.423 e. The quantitative estimate of drug-likeness (QED) is 0.630. The Bertz CT molecular complexity index is 275. The summed E-state index contributed by atoms with van der Waals surface area (Å²) in [4.78, 5) is 0. The fourth-order valence-electron chi connectivity index (χ4n) is 1.35. The maximum Gasteiger partial charge on any atom is 0.489 e. The molecule has 0 unspecified atom stereocenters. The normalized spacial score (nSPS) is 12.9. The second-order valence-electron chi connectivity index (χ2n) is 3.31.